The van der Waals surface area contributed by atoms with Crippen LogP contribution in [-0.4, -0.2) is 4.98 Å². The number of hydrogen-bond donors (Lipinski definition) is 2. The average molecular weight is 271 g/mol. The third kappa shape index (κ3) is 2.61. The number of nitrogens with two attached hydrogens (primary N) is 1. The van der Waals surface area contributed by atoms with Crippen molar-refractivity contribution < 1.29 is 17.6 Å². The summed E-state index contributed by atoms with van der Waals surface area (Å²) < 4.78 is 44.0. The van der Waals surface area contributed by atoms with Crippen molar-refractivity contribution in [3.05, 3.63) is 53.2 Å². The molecule has 1 atom stereocenters. The van der Waals surface area contributed by atoms with Crippen molar-refractivity contribution >= 4 is 0 Å². The SMILES string of the molecule is Cc1occc1C(NN)c1cnccc1C(F)(F)F. The standard InChI is InChI=1S/C12H12F3N3O/c1-7-8(3-5-19-7)11(18-16)9-6-17-4-2-10(9)12(13,14)15/h2-6,11,18H,16H2,1H3. The van der Waals surface area contributed by atoms with E-state index in [1.165, 1.54) is 6.26 Å². The number of rotatable bonds is 3. The summed E-state index contributed by atoms with van der Waals surface area (Å²) in [5.74, 6) is 5.89. The molecule has 0 saturated carbocycles. The second-order valence-electron chi connectivity index (χ2n) is 3.99. The molecule has 0 fully saturated rings. The molecule has 0 radical (unpaired) electrons. The second-order valence-corrected chi connectivity index (χ2v) is 3.99. The van der Waals surface area contributed by atoms with E-state index in [4.69, 9.17) is 10.3 Å². The molecule has 1 unspecified atom stereocenters. The van der Waals surface area contributed by atoms with Gasteiger partial charge in [0.1, 0.15) is 5.76 Å². The van der Waals surface area contributed by atoms with Gasteiger partial charge in [-0.05, 0) is 19.1 Å². The number of hydrazine groups is 1. The van der Waals surface area contributed by atoms with E-state index < -0.39 is 17.8 Å². The van der Waals surface area contributed by atoms with Crippen LogP contribution in [0.4, 0.5) is 13.2 Å². The summed E-state index contributed by atoms with van der Waals surface area (Å²) in [6.45, 7) is 1.66. The first-order valence-electron chi connectivity index (χ1n) is 5.46. The molecule has 7 heteroatoms. The minimum atomic E-state index is -4.47. The number of halogens is 3. The average Bonchev–Trinajstić information content (AvgIpc) is 2.76. The van der Waals surface area contributed by atoms with E-state index in [1.807, 2.05) is 0 Å². The molecule has 19 heavy (non-hydrogen) atoms. The van der Waals surface area contributed by atoms with E-state index >= 15 is 0 Å². The van der Waals surface area contributed by atoms with Crippen LogP contribution in [0.3, 0.4) is 0 Å². The lowest BCUT2D eigenvalue weighted by Crippen LogP contribution is -2.31. The Morgan fingerprint density at radius 3 is 2.58 bits per heavy atom. The molecule has 0 aliphatic heterocycles. The smallest absolute Gasteiger partial charge is 0.416 e. The van der Waals surface area contributed by atoms with Crippen LogP contribution in [0.5, 0.6) is 0 Å². The summed E-state index contributed by atoms with van der Waals surface area (Å²) in [6, 6.07) is 1.67. The van der Waals surface area contributed by atoms with Gasteiger partial charge in [0.2, 0.25) is 0 Å². The molecule has 2 aromatic heterocycles. The van der Waals surface area contributed by atoms with Crippen LogP contribution >= 0.6 is 0 Å². The zero-order valence-electron chi connectivity index (χ0n) is 10.0. The Hall–Kier alpha value is -1.86. The fourth-order valence-electron chi connectivity index (χ4n) is 1.94. The lowest BCUT2D eigenvalue weighted by atomic mass is 9.97. The molecule has 2 heterocycles. The first kappa shape index (κ1) is 13.6. The van der Waals surface area contributed by atoms with E-state index in [0.717, 1.165) is 18.5 Å². The molecular formula is C12H12F3N3O. The normalized spacial score (nSPS) is 13.5. The first-order chi connectivity index (χ1) is 8.95. The summed E-state index contributed by atoms with van der Waals surface area (Å²) >= 11 is 0. The number of nitrogens with one attached hydrogen (secondary N) is 1. The zero-order chi connectivity index (χ0) is 14.0. The van der Waals surface area contributed by atoms with Gasteiger partial charge in [-0.25, -0.2) is 5.43 Å². The van der Waals surface area contributed by atoms with Crippen molar-refractivity contribution in [3.8, 4) is 0 Å². The van der Waals surface area contributed by atoms with Crippen molar-refractivity contribution in [2.45, 2.75) is 19.1 Å². The summed E-state index contributed by atoms with van der Waals surface area (Å²) in [4.78, 5) is 3.74. The lowest BCUT2D eigenvalue weighted by Gasteiger charge is -2.20. The van der Waals surface area contributed by atoms with Crippen molar-refractivity contribution in [2.24, 2.45) is 5.84 Å². The van der Waals surface area contributed by atoms with Crippen LogP contribution in [0.2, 0.25) is 0 Å². The molecule has 0 spiro atoms. The number of hydrogen-bond acceptors (Lipinski definition) is 4. The topological polar surface area (TPSA) is 64.1 Å². The van der Waals surface area contributed by atoms with E-state index in [2.05, 4.69) is 10.4 Å². The van der Waals surface area contributed by atoms with E-state index in [-0.39, 0.29) is 5.56 Å². The Morgan fingerprint density at radius 2 is 2.05 bits per heavy atom. The maximum absolute atomic E-state index is 13.0. The second kappa shape index (κ2) is 5.02. The third-order valence-corrected chi connectivity index (χ3v) is 2.84. The van der Waals surface area contributed by atoms with Gasteiger partial charge in [-0.1, -0.05) is 0 Å². The van der Waals surface area contributed by atoms with Gasteiger partial charge >= 0.3 is 6.18 Å². The fourth-order valence-corrected chi connectivity index (χ4v) is 1.94. The van der Waals surface area contributed by atoms with Crippen LogP contribution in [0.15, 0.2) is 35.2 Å². The van der Waals surface area contributed by atoms with E-state index in [1.54, 1.807) is 13.0 Å². The molecule has 4 nitrogen and oxygen atoms in total. The molecule has 0 amide bonds. The Bertz CT molecular complexity index is 565. The molecule has 0 bridgehead atoms. The summed E-state index contributed by atoms with van der Waals surface area (Å²) in [5, 5.41) is 0. The molecule has 0 aliphatic carbocycles. The van der Waals surface area contributed by atoms with Crippen LogP contribution in [0, 0.1) is 6.92 Å². The van der Waals surface area contributed by atoms with Crippen molar-refractivity contribution in [1.82, 2.24) is 10.4 Å². The number of alkyl halides is 3. The van der Waals surface area contributed by atoms with Crippen molar-refractivity contribution in [3.63, 3.8) is 0 Å². The summed E-state index contributed by atoms with van der Waals surface area (Å²) in [5.41, 5.74) is 2.10. The molecule has 102 valence electrons. The molecular weight excluding hydrogens is 259 g/mol. The molecule has 3 N–H and O–H groups in total. The summed E-state index contributed by atoms with van der Waals surface area (Å²) in [7, 11) is 0. The highest BCUT2D eigenvalue weighted by atomic mass is 19.4. The van der Waals surface area contributed by atoms with Crippen LogP contribution in [-0.2, 0) is 6.18 Å². The van der Waals surface area contributed by atoms with Gasteiger partial charge < -0.3 is 4.42 Å². The van der Waals surface area contributed by atoms with Gasteiger partial charge in [0.15, 0.2) is 0 Å². The Labute approximate surface area is 107 Å². The first-order valence-corrected chi connectivity index (χ1v) is 5.46. The largest absolute Gasteiger partial charge is 0.469 e. The maximum Gasteiger partial charge on any atom is 0.416 e. The molecule has 0 saturated heterocycles. The quantitative estimate of drug-likeness (QED) is 0.665. The number of pyridine rings is 1. The van der Waals surface area contributed by atoms with Crippen molar-refractivity contribution in [2.75, 3.05) is 0 Å². The van der Waals surface area contributed by atoms with Gasteiger partial charge in [-0.3, -0.25) is 10.8 Å². The van der Waals surface area contributed by atoms with Crippen LogP contribution in [0.25, 0.3) is 0 Å². The number of aromatic nitrogens is 1. The Kier molecular flexibility index (Phi) is 3.59. The third-order valence-electron chi connectivity index (χ3n) is 2.84. The number of nitrogens with zero attached hydrogens (tertiary/aromatic N) is 1. The monoisotopic (exact) mass is 271 g/mol. The zero-order valence-corrected chi connectivity index (χ0v) is 10.0. The Balaban J connectivity index is 2.54. The maximum atomic E-state index is 13.0. The van der Waals surface area contributed by atoms with Gasteiger partial charge in [-0.15, -0.1) is 0 Å². The van der Waals surface area contributed by atoms with Gasteiger partial charge in [0.05, 0.1) is 17.9 Å². The minimum Gasteiger partial charge on any atom is -0.469 e. The van der Waals surface area contributed by atoms with Crippen molar-refractivity contribution in [1.29, 1.82) is 0 Å². The van der Waals surface area contributed by atoms with Gasteiger partial charge in [0.25, 0.3) is 0 Å². The molecule has 2 aromatic rings. The predicted octanol–water partition coefficient (Wildman–Crippen LogP) is 2.55. The van der Waals surface area contributed by atoms with E-state index in [9.17, 15) is 13.2 Å². The highest BCUT2D eigenvalue weighted by Gasteiger charge is 2.36. The molecule has 0 aromatic carbocycles. The highest BCUT2D eigenvalue weighted by molar-refractivity contribution is 5.37. The Morgan fingerprint density at radius 1 is 1.32 bits per heavy atom. The molecule has 2 rings (SSSR count). The summed E-state index contributed by atoms with van der Waals surface area (Å²) in [6.07, 6.45) is -0.814. The fraction of sp³-hybridized carbons (Fsp3) is 0.250. The van der Waals surface area contributed by atoms with Gasteiger partial charge in [0, 0.05) is 23.5 Å². The van der Waals surface area contributed by atoms with E-state index in [0.29, 0.717) is 11.3 Å². The number of furan rings is 1. The number of aryl methyl sites for hydroxylation is 1. The lowest BCUT2D eigenvalue weighted by molar-refractivity contribution is -0.138. The van der Waals surface area contributed by atoms with Gasteiger partial charge in [-0.2, -0.15) is 13.2 Å². The minimum absolute atomic E-state index is 0.0398. The molecule has 0 aliphatic rings. The highest BCUT2D eigenvalue weighted by Crippen LogP contribution is 2.36. The predicted molar refractivity (Wildman–Crippen MR) is 61.9 cm³/mol. The van der Waals surface area contributed by atoms with Crippen LogP contribution < -0.4 is 11.3 Å². The van der Waals surface area contributed by atoms with Crippen LogP contribution in [0.1, 0.15) is 28.5 Å².